The second kappa shape index (κ2) is 6.72. The largest absolute Gasteiger partial charge is 0.480 e. The van der Waals surface area contributed by atoms with E-state index in [1.807, 2.05) is 0 Å². The van der Waals surface area contributed by atoms with Gasteiger partial charge in [-0.05, 0) is 27.2 Å². The molecule has 1 saturated heterocycles. The van der Waals surface area contributed by atoms with Gasteiger partial charge in [0, 0.05) is 19.6 Å². The van der Waals surface area contributed by atoms with Crippen molar-refractivity contribution in [1.82, 2.24) is 4.90 Å². The summed E-state index contributed by atoms with van der Waals surface area (Å²) in [6, 6.07) is -0.819. The lowest BCUT2D eigenvalue weighted by Gasteiger charge is -2.26. The van der Waals surface area contributed by atoms with Crippen LogP contribution in [0.5, 0.6) is 0 Å². The van der Waals surface area contributed by atoms with E-state index < -0.39 is 23.7 Å². The lowest BCUT2D eigenvalue weighted by molar-refractivity contribution is -0.142. The zero-order chi connectivity index (χ0) is 13.9. The van der Waals surface area contributed by atoms with Gasteiger partial charge < -0.3 is 20.1 Å². The molecule has 1 heterocycles. The van der Waals surface area contributed by atoms with Crippen LogP contribution in [-0.2, 0) is 14.3 Å². The van der Waals surface area contributed by atoms with Gasteiger partial charge in [0.1, 0.15) is 11.6 Å². The van der Waals surface area contributed by atoms with E-state index in [0.717, 1.165) is 0 Å². The molecular formula is C12H23NO6. The second-order valence-electron chi connectivity index (χ2n) is 5.54. The Morgan fingerprint density at radius 1 is 1.37 bits per heavy atom. The van der Waals surface area contributed by atoms with Crippen molar-refractivity contribution in [3.05, 3.63) is 0 Å². The van der Waals surface area contributed by atoms with Crippen LogP contribution < -0.4 is 0 Å². The van der Waals surface area contributed by atoms with Gasteiger partial charge >= 0.3 is 12.1 Å². The lowest BCUT2D eigenvalue weighted by atomic mass is 10.1. The maximum atomic E-state index is 11.9. The summed E-state index contributed by atoms with van der Waals surface area (Å²) in [7, 11) is 1.56. The molecular weight excluding hydrogens is 254 g/mol. The fraction of sp³-hybridized carbons (Fsp3) is 0.833. The summed E-state index contributed by atoms with van der Waals surface area (Å²) in [6.45, 7) is 6.07. The minimum atomic E-state index is -1.00. The average molecular weight is 277 g/mol. The number of rotatable bonds is 3. The summed E-state index contributed by atoms with van der Waals surface area (Å²) in [4.78, 5) is 24.3. The Labute approximate surface area is 112 Å². The van der Waals surface area contributed by atoms with E-state index in [1.54, 1.807) is 27.9 Å². The molecule has 0 radical (unpaired) electrons. The summed E-state index contributed by atoms with van der Waals surface area (Å²) < 4.78 is 10.2. The zero-order valence-corrected chi connectivity index (χ0v) is 11.8. The molecule has 2 unspecified atom stereocenters. The fourth-order valence-corrected chi connectivity index (χ4v) is 2.04. The van der Waals surface area contributed by atoms with Crippen molar-refractivity contribution in [3.63, 3.8) is 0 Å². The molecule has 0 aromatic carbocycles. The van der Waals surface area contributed by atoms with Gasteiger partial charge in [-0.3, -0.25) is 4.90 Å². The van der Waals surface area contributed by atoms with Crippen molar-refractivity contribution >= 4 is 12.1 Å². The molecule has 0 aliphatic carbocycles. The molecule has 7 heteroatoms. The van der Waals surface area contributed by atoms with Gasteiger partial charge in [-0.25, -0.2) is 9.59 Å². The molecule has 0 saturated carbocycles. The molecule has 0 bridgehead atoms. The molecule has 0 spiro atoms. The minimum absolute atomic E-state index is 0. The Morgan fingerprint density at radius 2 is 1.95 bits per heavy atom. The smallest absolute Gasteiger partial charge is 0.411 e. The number of carbonyl (C=O) groups excluding carboxylic acids is 1. The predicted octanol–water partition coefficient (Wildman–Crippen LogP) is 0.518. The third-order valence-electron chi connectivity index (χ3n) is 2.70. The Morgan fingerprint density at radius 3 is 2.37 bits per heavy atom. The zero-order valence-electron chi connectivity index (χ0n) is 11.8. The van der Waals surface area contributed by atoms with E-state index in [4.69, 9.17) is 14.6 Å². The number of nitrogens with zero attached hydrogens (tertiary/aromatic N) is 1. The van der Waals surface area contributed by atoms with E-state index in [2.05, 4.69) is 0 Å². The van der Waals surface area contributed by atoms with Gasteiger partial charge in [0.05, 0.1) is 6.61 Å². The number of ether oxygens (including phenoxy) is 2. The fourth-order valence-electron chi connectivity index (χ4n) is 2.04. The van der Waals surface area contributed by atoms with Gasteiger partial charge in [-0.1, -0.05) is 0 Å². The average Bonchev–Trinajstić information content (AvgIpc) is 2.59. The van der Waals surface area contributed by atoms with Crippen LogP contribution in [0.1, 0.15) is 27.2 Å². The van der Waals surface area contributed by atoms with Gasteiger partial charge in [-0.15, -0.1) is 0 Å². The summed E-state index contributed by atoms with van der Waals surface area (Å²) in [6.07, 6.45) is -0.170. The topological polar surface area (TPSA) is 108 Å². The van der Waals surface area contributed by atoms with E-state index in [0.29, 0.717) is 19.6 Å². The van der Waals surface area contributed by atoms with Crippen LogP contribution in [0.15, 0.2) is 0 Å². The van der Waals surface area contributed by atoms with E-state index >= 15 is 0 Å². The van der Waals surface area contributed by atoms with E-state index in [1.165, 1.54) is 4.90 Å². The highest BCUT2D eigenvalue weighted by Crippen LogP contribution is 2.25. The first kappa shape index (κ1) is 17.7. The summed E-state index contributed by atoms with van der Waals surface area (Å²) in [5.41, 5.74) is -0.626. The molecule has 1 fully saturated rings. The van der Waals surface area contributed by atoms with Gasteiger partial charge in [0.15, 0.2) is 0 Å². The van der Waals surface area contributed by atoms with Crippen molar-refractivity contribution in [1.29, 1.82) is 0 Å². The van der Waals surface area contributed by atoms with Crippen LogP contribution in [0.3, 0.4) is 0 Å². The van der Waals surface area contributed by atoms with Crippen LogP contribution in [0.2, 0.25) is 0 Å². The quantitative estimate of drug-likeness (QED) is 0.809. The van der Waals surface area contributed by atoms with Crippen LogP contribution in [0, 0.1) is 5.92 Å². The van der Waals surface area contributed by atoms with Crippen molar-refractivity contribution in [2.24, 2.45) is 5.92 Å². The molecule has 1 rings (SSSR count). The first-order valence-corrected chi connectivity index (χ1v) is 5.96. The molecule has 2 atom stereocenters. The van der Waals surface area contributed by atoms with Crippen LogP contribution in [0.4, 0.5) is 4.79 Å². The highest BCUT2D eigenvalue weighted by atomic mass is 16.6. The number of carboxylic acids is 1. The number of amides is 1. The Kier molecular flexibility index (Phi) is 6.24. The standard InChI is InChI=1S/C12H21NO5.H2O/c1-12(2,3)18-11(16)13-6-8(7-17-4)5-9(13)10(14)15;/h8-9H,5-7H2,1-4H3,(H,14,15);1H2. The molecule has 0 aromatic heterocycles. The SMILES string of the molecule is COCC1CC(C(=O)O)N(C(=O)OC(C)(C)C)C1.O. The first-order chi connectivity index (χ1) is 8.24. The molecule has 1 aliphatic rings. The summed E-state index contributed by atoms with van der Waals surface area (Å²) >= 11 is 0. The van der Waals surface area contributed by atoms with Gasteiger partial charge in [0.2, 0.25) is 0 Å². The third-order valence-corrected chi connectivity index (χ3v) is 2.70. The number of hydrogen-bond donors (Lipinski definition) is 1. The number of hydrogen-bond acceptors (Lipinski definition) is 4. The number of aliphatic carboxylic acids is 1. The number of carboxylic acid groups (broad SMARTS) is 1. The Balaban J connectivity index is 0.00000324. The molecule has 3 N–H and O–H groups in total. The Bertz CT molecular complexity index is 325. The first-order valence-electron chi connectivity index (χ1n) is 5.96. The van der Waals surface area contributed by atoms with E-state index in [-0.39, 0.29) is 11.4 Å². The second-order valence-corrected chi connectivity index (χ2v) is 5.54. The summed E-state index contributed by atoms with van der Waals surface area (Å²) in [5, 5.41) is 9.13. The lowest BCUT2D eigenvalue weighted by Crippen LogP contribution is -2.43. The van der Waals surface area contributed by atoms with Gasteiger partial charge in [-0.2, -0.15) is 0 Å². The molecule has 112 valence electrons. The van der Waals surface area contributed by atoms with Crippen LogP contribution >= 0.6 is 0 Å². The monoisotopic (exact) mass is 277 g/mol. The number of likely N-dealkylation sites (tertiary alicyclic amines) is 1. The molecule has 19 heavy (non-hydrogen) atoms. The molecule has 0 aromatic rings. The number of carbonyl (C=O) groups is 2. The summed E-state index contributed by atoms with van der Waals surface area (Å²) in [5.74, 6) is -0.955. The van der Waals surface area contributed by atoms with E-state index in [9.17, 15) is 9.59 Å². The van der Waals surface area contributed by atoms with Crippen LogP contribution in [-0.4, -0.2) is 59.4 Å². The highest BCUT2D eigenvalue weighted by molar-refractivity contribution is 5.81. The normalized spacial score (nSPS) is 22.8. The highest BCUT2D eigenvalue weighted by Gasteiger charge is 2.41. The van der Waals surface area contributed by atoms with Crippen LogP contribution in [0.25, 0.3) is 0 Å². The van der Waals surface area contributed by atoms with Crippen molar-refractivity contribution < 1.29 is 29.6 Å². The van der Waals surface area contributed by atoms with Gasteiger partial charge in [0.25, 0.3) is 0 Å². The maximum Gasteiger partial charge on any atom is 0.411 e. The molecule has 1 amide bonds. The van der Waals surface area contributed by atoms with Crippen molar-refractivity contribution in [3.8, 4) is 0 Å². The maximum absolute atomic E-state index is 11.9. The number of methoxy groups -OCH3 is 1. The minimum Gasteiger partial charge on any atom is -0.480 e. The third kappa shape index (κ3) is 5.04. The Hall–Kier alpha value is -1.34. The molecule has 7 nitrogen and oxygen atoms in total. The van der Waals surface area contributed by atoms with Crippen molar-refractivity contribution in [2.45, 2.75) is 38.8 Å². The molecule has 1 aliphatic heterocycles. The van der Waals surface area contributed by atoms with Crippen molar-refractivity contribution in [2.75, 3.05) is 20.3 Å². The predicted molar refractivity (Wildman–Crippen MR) is 68.0 cm³/mol.